The quantitative estimate of drug-likeness (QED) is 0.728. The number of benzene rings is 1. The van der Waals surface area contributed by atoms with Crippen LogP contribution in [0.3, 0.4) is 0 Å². The third-order valence-corrected chi connectivity index (χ3v) is 5.20. The molecule has 0 saturated carbocycles. The molecule has 0 radical (unpaired) electrons. The second-order valence-corrected chi connectivity index (χ2v) is 7.45. The molecule has 1 rings (SSSR count). The fourth-order valence-electron chi connectivity index (χ4n) is 1.38. The summed E-state index contributed by atoms with van der Waals surface area (Å²) < 4.78 is 37.5. The van der Waals surface area contributed by atoms with E-state index < -0.39 is 20.8 Å². The van der Waals surface area contributed by atoms with E-state index in [1.165, 1.54) is 12.1 Å². The molecule has 0 aliphatic rings. The third-order valence-electron chi connectivity index (χ3n) is 2.42. The first-order chi connectivity index (χ1) is 9.49. The van der Waals surface area contributed by atoms with E-state index in [2.05, 4.69) is 16.6 Å². The van der Waals surface area contributed by atoms with Crippen molar-refractivity contribution in [3.63, 3.8) is 0 Å². The summed E-state index contributed by atoms with van der Waals surface area (Å²) in [7, 11) is -4.58. The maximum absolute atomic E-state index is 11.9. The molecule has 1 aromatic rings. The molecule has 0 aromatic heterocycles. The summed E-state index contributed by atoms with van der Waals surface area (Å²) in [6.45, 7) is 1.70. The zero-order valence-electron chi connectivity index (χ0n) is 11.1. The van der Waals surface area contributed by atoms with Gasteiger partial charge in [0.05, 0.1) is 4.90 Å². The van der Waals surface area contributed by atoms with E-state index in [4.69, 9.17) is 5.11 Å². The molecule has 20 heavy (non-hydrogen) atoms. The van der Waals surface area contributed by atoms with Crippen LogP contribution in [0.5, 0.6) is 0 Å². The molecule has 1 atom stereocenters. The van der Waals surface area contributed by atoms with E-state index in [0.29, 0.717) is 17.1 Å². The van der Waals surface area contributed by atoms with Gasteiger partial charge in [-0.05, 0) is 24.3 Å². The van der Waals surface area contributed by atoms with Gasteiger partial charge in [0.25, 0.3) is 0 Å². The van der Waals surface area contributed by atoms with Gasteiger partial charge >= 0.3 is 0 Å². The summed E-state index contributed by atoms with van der Waals surface area (Å²) in [6, 6.07) is 6.03. The van der Waals surface area contributed by atoms with Crippen molar-refractivity contribution in [2.45, 2.75) is 11.8 Å². The van der Waals surface area contributed by atoms with Crippen LogP contribution in [-0.2, 0) is 20.8 Å². The molecule has 5 nitrogen and oxygen atoms in total. The van der Waals surface area contributed by atoms with Gasteiger partial charge in [0.2, 0.25) is 10.0 Å². The minimum atomic E-state index is -3.58. The highest BCUT2D eigenvalue weighted by molar-refractivity contribution is 7.89. The summed E-state index contributed by atoms with van der Waals surface area (Å²) >= 11 is 0. The van der Waals surface area contributed by atoms with Crippen LogP contribution in [0.25, 0.3) is 0 Å². The molecule has 1 aromatic carbocycles. The highest BCUT2D eigenvalue weighted by Gasteiger charge is 2.13. The first kappa shape index (κ1) is 16.9. The standard InChI is InChI=1S/C13H17NO4S2/c1-2-19(16)11-9-14-20(17,18)13-7-5-12(6-8-13)4-3-10-15/h5-8,14-15H,2,9-11H2,1H3. The van der Waals surface area contributed by atoms with E-state index in [1.54, 1.807) is 19.1 Å². The lowest BCUT2D eigenvalue weighted by molar-refractivity contribution is 0.350. The van der Waals surface area contributed by atoms with Crippen LogP contribution in [0.2, 0.25) is 0 Å². The van der Waals surface area contributed by atoms with E-state index in [1.807, 2.05) is 0 Å². The molecule has 0 fully saturated rings. The number of aliphatic hydroxyl groups is 1. The molecular formula is C13H17NO4S2. The Labute approximate surface area is 121 Å². The minimum absolute atomic E-state index is 0.134. The lowest BCUT2D eigenvalue weighted by atomic mass is 10.2. The van der Waals surface area contributed by atoms with Crippen LogP contribution < -0.4 is 4.72 Å². The fourth-order valence-corrected chi connectivity index (χ4v) is 3.16. The maximum atomic E-state index is 11.9. The number of aliphatic hydroxyl groups excluding tert-OH is 1. The van der Waals surface area contributed by atoms with Gasteiger partial charge in [-0.1, -0.05) is 18.8 Å². The van der Waals surface area contributed by atoms with Crippen LogP contribution in [-0.4, -0.2) is 42.4 Å². The Morgan fingerprint density at radius 3 is 2.50 bits per heavy atom. The predicted octanol–water partition coefficient (Wildman–Crippen LogP) is 0.0773. The van der Waals surface area contributed by atoms with Gasteiger partial charge in [-0.15, -0.1) is 0 Å². The maximum Gasteiger partial charge on any atom is 0.240 e. The summed E-state index contributed by atoms with van der Waals surface area (Å²) in [6.07, 6.45) is 0. The number of hydrogen-bond donors (Lipinski definition) is 2. The van der Waals surface area contributed by atoms with E-state index >= 15 is 0 Å². The minimum Gasteiger partial charge on any atom is -0.384 e. The lowest BCUT2D eigenvalue weighted by Gasteiger charge is -2.06. The van der Waals surface area contributed by atoms with E-state index in [0.717, 1.165) is 0 Å². The monoisotopic (exact) mass is 315 g/mol. The summed E-state index contributed by atoms with van der Waals surface area (Å²) in [5, 5.41) is 8.57. The Morgan fingerprint density at radius 1 is 1.30 bits per heavy atom. The fraction of sp³-hybridized carbons (Fsp3) is 0.385. The molecule has 0 bridgehead atoms. The highest BCUT2D eigenvalue weighted by atomic mass is 32.2. The molecule has 0 aliphatic carbocycles. The van der Waals surface area contributed by atoms with Gasteiger partial charge in [-0.3, -0.25) is 4.21 Å². The smallest absolute Gasteiger partial charge is 0.240 e. The van der Waals surface area contributed by atoms with Crippen molar-refractivity contribution in [2.75, 3.05) is 24.7 Å². The number of rotatable bonds is 6. The first-order valence-corrected chi connectivity index (χ1v) is 9.01. The van der Waals surface area contributed by atoms with Crippen molar-refractivity contribution in [3.8, 4) is 11.8 Å². The van der Waals surface area contributed by atoms with Crippen molar-refractivity contribution < 1.29 is 17.7 Å². The second kappa shape index (κ2) is 8.17. The van der Waals surface area contributed by atoms with Crippen LogP contribution in [0.4, 0.5) is 0 Å². The Hall–Kier alpha value is -1.20. The first-order valence-electron chi connectivity index (χ1n) is 6.04. The van der Waals surface area contributed by atoms with Gasteiger partial charge in [-0.2, -0.15) is 0 Å². The molecule has 2 N–H and O–H groups in total. The van der Waals surface area contributed by atoms with Crippen molar-refractivity contribution in [2.24, 2.45) is 0 Å². The van der Waals surface area contributed by atoms with Crippen LogP contribution in [0.1, 0.15) is 12.5 Å². The van der Waals surface area contributed by atoms with Gasteiger partial charge in [0.1, 0.15) is 6.61 Å². The Balaban J connectivity index is 2.70. The highest BCUT2D eigenvalue weighted by Crippen LogP contribution is 2.09. The van der Waals surface area contributed by atoms with Crippen molar-refractivity contribution in [1.29, 1.82) is 0 Å². The number of sulfonamides is 1. The van der Waals surface area contributed by atoms with Gasteiger partial charge < -0.3 is 5.11 Å². The average Bonchev–Trinajstić information content (AvgIpc) is 2.45. The molecular weight excluding hydrogens is 298 g/mol. The molecule has 0 aliphatic heterocycles. The van der Waals surface area contributed by atoms with Crippen LogP contribution in [0.15, 0.2) is 29.2 Å². The molecule has 1 unspecified atom stereocenters. The van der Waals surface area contributed by atoms with Crippen LogP contribution >= 0.6 is 0 Å². The molecule has 0 spiro atoms. The second-order valence-electron chi connectivity index (χ2n) is 3.81. The average molecular weight is 315 g/mol. The summed E-state index contributed by atoms with van der Waals surface area (Å²) in [4.78, 5) is 0.134. The van der Waals surface area contributed by atoms with Gasteiger partial charge in [0, 0.05) is 34.4 Å². The molecule has 110 valence electrons. The molecule has 0 amide bonds. The van der Waals surface area contributed by atoms with E-state index in [-0.39, 0.29) is 18.0 Å². The van der Waals surface area contributed by atoms with Crippen molar-refractivity contribution >= 4 is 20.8 Å². The van der Waals surface area contributed by atoms with Crippen molar-refractivity contribution in [3.05, 3.63) is 29.8 Å². The summed E-state index contributed by atoms with van der Waals surface area (Å²) in [5.74, 6) is 5.98. The Morgan fingerprint density at radius 2 is 1.95 bits per heavy atom. The Bertz CT molecular complexity index is 612. The number of nitrogens with one attached hydrogen (secondary N) is 1. The Kier molecular flexibility index (Phi) is 6.88. The SMILES string of the molecule is CCS(=O)CCNS(=O)(=O)c1ccc(C#CCO)cc1. The van der Waals surface area contributed by atoms with Crippen LogP contribution in [0, 0.1) is 11.8 Å². The largest absolute Gasteiger partial charge is 0.384 e. The molecule has 0 heterocycles. The predicted molar refractivity (Wildman–Crippen MR) is 79.1 cm³/mol. The topological polar surface area (TPSA) is 83.5 Å². The molecule has 0 saturated heterocycles. The van der Waals surface area contributed by atoms with Gasteiger partial charge in [-0.25, -0.2) is 13.1 Å². The van der Waals surface area contributed by atoms with Crippen molar-refractivity contribution in [1.82, 2.24) is 4.72 Å². The molecule has 7 heteroatoms. The third kappa shape index (κ3) is 5.43. The zero-order valence-corrected chi connectivity index (χ0v) is 12.8. The number of hydrogen-bond acceptors (Lipinski definition) is 4. The van der Waals surface area contributed by atoms with E-state index in [9.17, 15) is 12.6 Å². The van der Waals surface area contributed by atoms with Gasteiger partial charge in [0.15, 0.2) is 0 Å². The zero-order chi connectivity index (χ0) is 15.0. The normalized spacial score (nSPS) is 12.5. The lowest BCUT2D eigenvalue weighted by Crippen LogP contribution is -2.28. The summed E-state index contributed by atoms with van der Waals surface area (Å²) in [5.41, 5.74) is 0.630.